The lowest BCUT2D eigenvalue weighted by molar-refractivity contribution is -0.120. The molecule has 2 aromatic rings. The fourth-order valence-electron chi connectivity index (χ4n) is 4.38. The Morgan fingerprint density at radius 2 is 1.88 bits per heavy atom. The summed E-state index contributed by atoms with van der Waals surface area (Å²) in [6.07, 6.45) is 4.30. The van der Waals surface area contributed by atoms with Crippen LogP contribution in [-0.2, 0) is 16.8 Å². The molecule has 1 aromatic heterocycles. The van der Waals surface area contributed by atoms with Crippen molar-refractivity contribution in [2.45, 2.75) is 63.1 Å². The topological polar surface area (TPSA) is 61.4 Å². The van der Waals surface area contributed by atoms with E-state index in [-0.39, 0.29) is 24.4 Å². The Morgan fingerprint density at radius 1 is 1.22 bits per heavy atom. The highest BCUT2D eigenvalue weighted by Gasteiger charge is 2.36. The minimum absolute atomic E-state index is 0.110. The molecule has 4 nitrogen and oxygen atoms in total. The average molecular weight is 483 g/mol. The van der Waals surface area contributed by atoms with Gasteiger partial charge in [0, 0.05) is 29.3 Å². The molecule has 0 saturated heterocycles. The normalized spacial score (nSPS) is 17.5. The molecule has 3 N–H and O–H groups in total. The van der Waals surface area contributed by atoms with Gasteiger partial charge in [-0.25, -0.2) is 8.78 Å². The molecule has 2 atom stereocenters. The molecule has 1 aliphatic rings. The van der Waals surface area contributed by atoms with Crippen LogP contribution in [0, 0.1) is 11.6 Å². The van der Waals surface area contributed by atoms with E-state index in [1.54, 1.807) is 11.3 Å². The van der Waals surface area contributed by atoms with Gasteiger partial charge in [0.05, 0.1) is 22.7 Å². The van der Waals surface area contributed by atoms with Crippen molar-refractivity contribution < 1.29 is 18.7 Å². The van der Waals surface area contributed by atoms with Crippen molar-refractivity contribution in [3.8, 4) is 0 Å². The predicted molar refractivity (Wildman–Crippen MR) is 126 cm³/mol. The van der Waals surface area contributed by atoms with Crippen LogP contribution in [0.4, 0.5) is 8.78 Å². The van der Waals surface area contributed by atoms with Gasteiger partial charge in [-0.1, -0.05) is 37.4 Å². The van der Waals surface area contributed by atoms with E-state index in [0.29, 0.717) is 10.6 Å². The lowest BCUT2D eigenvalue weighted by Gasteiger charge is -2.39. The molecule has 0 aliphatic heterocycles. The summed E-state index contributed by atoms with van der Waals surface area (Å²) in [5.74, 6) is -1.70. The van der Waals surface area contributed by atoms with Crippen LogP contribution in [0.25, 0.3) is 5.03 Å². The predicted octanol–water partition coefficient (Wildman–Crippen LogP) is 5.09. The zero-order valence-corrected chi connectivity index (χ0v) is 19.7. The molecule has 1 aliphatic carbocycles. The minimum Gasteiger partial charge on any atom is -0.390 e. The van der Waals surface area contributed by atoms with Crippen LogP contribution in [0.3, 0.4) is 0 Å². The molecule has 1 heterocycles. The summed E-state index contributed by atoms with van der Waals surface area (Å²) in [4.78, 5) is 13.8. The fourth-order valence-corrected chi connectivity index (χ4v) is 5.65. The zero-order chi connectivity index (χ0) is 23.3. The maximum atomic E-state index is 13.6. The van der Waals surface area contributed by atoms with Gasteiger partial charge in [0.1, 0.15) is 11.6 Å². The van der Waals surface area contributed by atoms with Crippen LogP contribution < -0.4 is 10.6 Å². The maximum Gasteiger partial charge on any atom is 0.217 e. The second-order valence-corrected chi connectivity index (χ2v) is 9.99. The first kappa shape index (κ1) is 24.8. The fraction of sp³-hybridized carbons (Fsp3) is 0.458. The van der Waals surface area contributed by atoms with Gasteiger partial charge in [0.2, 0.25) is 5.91 Å². The summed E-state index contributed by atoms with van der Waals surface area (Å²) in [5.41, 5.74) is 0.0800. The van der Waals surface area contributed by atoms with Gasteiger partial charge in [0.25, 0.3) is 0 Å². The van der Waals surface area contributed by atoms with Gasteiger partial charge in [0.15, 0.2) is 0 Å². The molecule has 0 spiro atoms. The van der Waals surface area contributed by atoms with Crippen molar-refractivity contribution in [2.24, 2.45) is 0 Å². The zero-order valence-electron chi connectivity index (χ0n) is 18.1. The third kappa shape index (κ3) is 6.38. The second-order valence-electron chi connectivity index (χ2n) is 8.45. The van der Waals surface area contributed by atoms with Crippen molar-refractivity contribution in [1.82, 2.24) is 10.6 Å². The summed E-state index contributed by atoms with van der Waals surface area (Å²) >= 11 is 7.67. The summed E-state index contributed by atoms with van der Waals surface area (Å²) in [6.45, 7) is 5.38. The Hall–Kier alpha value is -1.80. The number of aliphatic hydroxyl groups excluding tert-OH is 1. The Balaban J connectivity index is 1.76. The third-order valence-corrected chi connectivity index (χ3v) is 7.60. The Morgan fingerprint density at radius 3 is 2.44 bits per heavy atom. The lowest BCUT2D eigenvalue weighted by Crippen LogP contribution is -2.52. The van der Waals surface area contributed by atoms with Crippen LogP contribution in [0.2, 0.25) is 0 Å². The third-order valence-electron chi connectivity index (χ3n) is 5.93. The molecule has 1 amide bonds. The van der Waals surface area contributed by atoms with E-state index >= 15 is 0 Å². The lowest BCUT2D eigenvalue weighted by atomic mass is 9.80. The van der Waals surface area contributed by atoms with Crippen LogP contribution in [0.1, 0.15) is 54.3 Å². The number of aliphatic hydroxyl groups is 1. The first-order valence-electron chi connectivity index (χ1n) is 10.8. The minimum atomic E-state index is -0.952. The summed E-state index contributed by atoms with van der Waals surface area (Å²) < 4.78 is 27.2. The molecular formula is C24H29ClF2N2O2S. The molecular weight excluding hydrogens is 454 g/mol. The molecule has 1 saturated carbocycles. The van der Waals surface area contributed by atoms with E-state index in [2.05, 4.69) is 23.3 Å². The summed E-state index contributed by atoms with van der Waals surface area (Å²) in [6, 6.07) is 6.55. The standard InChI is InChI=1S/C24H29ClF2N2O2S/c1-15(25)22-6-7-23(32-22)24(8-4-3-5-9-24)28-14-21(31)20(29-16(2)30)12-17-10-18(26)13-19(27)11-17/h6-7,10-11,13,20-21,28,31H,1,3-5,8-9,12,14H2,2H3,(H,29,30)/t20-,21+/m0/s1. The molecule has 8 heteroatoms. The quantitative estimate of drug-likeness (QED) is 0.466. The number of hydrogen-bond donors (Lipinski definition) is 3. The molecule has 174 valence electrons. The number of amides is 1. The Bertz CT molecular complexity index is 939. The molecule has 1 fully saturated rings. The van der Waals surface area contributed by atoms with E-state index in [9.17, 15) is 18.7 Å². The molecule has 3 rings (SSSR count). The van der Waals surface area contributed by atoms with Gasteiger partial charge >= 0.3 is 0 Å². The summed E-state index contributed by atoms with van der Waals surface area (Å²) in [7, 11) is 0. The van der Waals surface area contributed by atoms with Crippen LogP contribution in [-0.4, -0.2) is 29.7 Å². The molecule has 32 heavy (non-hydrogen) atoms. The van der Waals surface area contributed by atoms with E-state index in [4.69, 9.17) is 11.6 Å². The van der Waals surface area contributed by atoms with E-state index in [1.165, 1.54) is 19.1 Å². The highest BCUT2D eigenvalue weighted by molar-refractivity contribution is 7.14. The number of nitrogens with one attached hydrogen (secondary N) is 2. The number of hydrogen-bond acceptors (Lipinski definition) is 4. The number of carbonyl (C=O) groups is 1. The first-order chi connectivity index (χ1) is 15.2. The van der Waals surface area contributed by atoms with E-state index < -0.39 is 23.8 Å². The number of carbonyl (C=O) groups excluding carboxylic acids is 1. The van der Waals surface area contributed by atoms with E-state index in [1.807, 2.05) is 6.07 Å². The monoisotopic (exact) mass is 482 g/mol. The number of thiophene rings is 1. The number of halogens is 3. The Labute approximate surface area is 196 Å². The SMILES string of the molecule is C=C(Cl)c1ccc(C2(NC[C@@H](O)[C@H](Cc3cc(F)cc(F)c3)NC(C)=O)CCCCC2)s1. The van der Waals surface area contributed by atoms with Gasteiger partial charge in [-0.3, -0.25) is 4.79 Å². The number of rotatable bonds is 9. The van der Waals surface area contributed by atoms with Gasteiger partial charge in [-0.15, -0.1) is 11.3 Å². The highest BCUT2D eigenvalue weighted by Crippen LogP contribution is 2.41. The van der Waals surface area contributed by atoms with E-state index in [0.717, 1.165) is 47.9 Å². The average Bonchev–Trinajstić information content (AvgIpc) is 3.22. The number of benzene rings is 1. The van der Waals surface area contributed by atoms with Crippen LogP contribution >= 0.6 is 22.9 Å². The van der Waals surface area contributed by atoms with Crippen molar-refractivity contribution in [1.29, 1.82) is 0 Å². The van der Waals surface area contributed by atoms with Gasteiger partial charge in [-0.2, -0.15) is 0 Å². The van der Waals surface area contributed by atoms with Crippen molar-refractivity contribution >= 4 is 33.9 Å². The summed E-state index contributed by atoms with van der Waals surface area (Å²) in [5, 5.41) is 17.7. The van der Waals surface area contributed by atoms with Crippen LogP contribution in [0.15, 0.2) is 36.9 Å². The largest absolute Gasteiger partial charge is 0.390 e. The molecule has 0 bridgehead atoms. The maximum absolute atomic E-state index is 13.6. The molecule has 1 aromatic carbocycles. The van der Waals surface area contributed by atoms with Crippen molar-refractivity contribution in [3.63, 3.8) is 0 Å². The smallest absolute Gasteiger partial charge is 0.217 e. The van der Waals surface area contributed by atoms with Crippen LogP contribution in [0.5, 0.6) is 0 Å². The first-order valence-corrected chi connectivity index (χ1v) is 12.0. The Kier molecular flexibility index (Phi) is 8.44. The van der Waals surface area contributed by atoms with Crippen molar-refractivity contribution in [3.05, 3.63) is 63.9 Å². The van der Waals surface area contributed by atoms with Gasteiger partial charge in [-0.05, 0) is 49.1 Å². The van der Waals surface area contributed by atoms with Gasteiger partial charge < -0.3 is 15.7 Å². The molecule has 0 unspecified atom stereocenters. The highest BCUT2D eigenvalue weighted by atomic mass is 35.5. The second kappa shape index (κ2) is 10.9. The van der Waals surface area contributed by atoms with Crippen molar-refractivity contribution in [2.75, 3.05) is 6.54 Å². The molecule has 0 radical (unpaired) electrons.